The lowest BCUT2D eigenvalue weighted by atomic mass is 9.91. The first kappa shape index (κ1) is 20.5. The standard InChI is InChI=1S/C22H30N4O/c1-22(2,3)26-20(27)16-25-21(23-4)24-15-19(17-11-7-5-8-12-17)18-13-9-6-10-14-18/h5-14,19H,15-16H2,1-4H3,(H,26,27)(H2,23,24,25). The molecule has 5 heteroatoms. The van der Waals surface area contributed by atoms with Crippen LogP contribution < -0.4 is 16.0 Å². The van der Waals surface area contributed by atoms with Crippen molar-refractivity contribution in [1.82, 2.24) is 16.0 Å². The molecule has 0 bridgehead atoms. The Balaban J connectivity index is 2.00. The predicted octanol–water partition coefficient (Wildman–Crippen LogP) is 2.90. The summed E-state index contributed by atoms with van der Waals surface area (Å²) in [4.78, 5) is 16.2. The molecule has 0 radical (unpaired) electrons. The average molecular weight is 367 g/mol. The molecule has 3 N–H and O–H groups in total. The van der Waals surface area contributed by atoms with Gasteiger partial charge in [0.05, 0.1) is 6.54 Å². The minimum atomic E-state index is -0.249. The van der Waals surface area contributed by atoms with Crippen LogP contribution in [0.2, 0.25) is 0 Å². The highest BCUT2D eigenvalue weighted by Gasteiger charge is 2.16. The maximum Gasteiger partial charge on any atom is 0.239 e. The van der Waals surface area contributed by atoms with Gasteiger partial charge in [-0.25, -0.2) is 0 Å². The Hall–Kier alpha value is -2.82. The molecular weight excluding hydrogens is 336 g/mol. The van der Waals surface area contributed by atoms with Crippen molar-refractivity contribution in [1.29, 1.82) is 0 Å². The van der Waals surface area contributed by atoms with E-state index in [1.54, 1.807) is 7.05 Å². The predicted molar refractivity (Wildman–Crippen MR) is 112 cm³/mol. The van der Waals surface area contributed by atoms with Gasteiger partial charge in [-0.05, 0) is 31.9 Å². The van der Waals surface area contributed by atoms with Crippen molar-refractivity contribution in [2.45, 2.75) is 32.2 Å². The lowest BCUT2D eigenvalue weighted by molar-refractivity contribution is -0.121. The molecule has 2 aromatic rings. The number of amides is 1. The van der Waals surface area contributed by atoms with Gasteiger partial charge >= 0.3 is 0 Å². The second-order valence-electron chi connectivity index (χ2n) is 7.48. The zero-order valence-electron chi connectivity index (χ0n) is 16.6. The van der Waals surface area contributed by atoms with Crippen LogP contribution in [0.25, 0.3) is 0 Å². The molecule has 2 rings (SSSR count). The van der Waals surface area contributed by atoms with Crippen molar-refractivity contribution >= 4 is 11.9 Å². The fourth-order valence-electron chi connectivity index (χ4n) is 2.84. The third kappa shape index (κ3) is 7.13. The van der Waals surface area contributed by atoms with E-state index in [-0.39, 0.29) is 23.9 Å². The number of hydrogen-bond donors (Lipinski definition) is 3. The van der Waals surface area contributed by atoms with Gasteiger partial charge < -0.3 is 16.0 Å². The highest BCUT2D eigenvalue weighted by atomic mass is 16.2. The molecule has 0 atom stereocenters. The first-order valence-corrected chi connectivity index (χ1v) is 9.24. The van der Waals surface area contributed by atoms with Crippen molar-refractivity contribution in [2.24, 2.45) is 4.99 Å². The molecule has 0 saturated heterocycles. The van der Waals surface area contributed by atoms with Crippen LogP contribution in [0.1, 0.15) is 37.8 Å². The summed E-state index contributed by atoms with van der Waals surface area (Å²) in [5, 5.41) is 9.35. The number of rotatable bonds is 6. The van der Waals surface area contributed by atoms with Crippen LogP contribution in [0.3, 0.4) is 0 Å². The second kappa shape index (κ2) is 9.76. The van der Waals surface area contributed by atoms with Gasteiger partial charge in [-0.1, -0.05) is 60.7 Å². The molecule has 0 aromatic heterocycles. The van der Waals surface area contributed by atoms with Crippen molar-refractivity contribution in [3.63, 3.8) is 0 Å². The van der Waals surface area contributed by atoms with Crippen LogP contribution in [0, 0.1) is 0 Å². The highest BCUT2D eigenvalue weighted by molar-refractivity contribution is 5.86. The monoisotopic (exact) mass is 366 g/mol. The number of guanidine groups is 1. The molecular formula is C22H30N4O. The smallest absolute Gasteiger partial charge is 0.239 e. The van der Waals surface area contributed by atoms with E-state index in [9.17, 15) is 4.79 Å². The first-order chi connectivity index (χ1) is 12.9. The van der Waals surface area contributed by atoms with Crippen LogP contribution in [0.5, 0.6) is 0 Å². The van der Waals surface area contributed by atoms with E-state index in [1.807, 2.05) is 32.9 Å². The number of nitrogens with zero attached hydrogens (tertiary/aromatic N) is 1. The summed E-state index contributed by atoms with van der Waals surface area (Å²) in [5.74, 6) is 0.735. The molecule has 144 valence electrons. The highest BCUT2D eigenvalue weighted by Crippen LogP contribution is 2.23. The maximum absolute atomic E-state index is 12.0. The molecule has 0 aliphatic carbocycles. The Labute approximate surface area is 162 Å². The molecule has 0 saturated carbocycles. The summed E-state index contributed by atoms with van der Waals surface area (Å²) in [5.41, 5.74) is 2.22. The quantitative estimate of drug-likeness (QED) is 0.544. The normalized spacial score (nSPS) is 12.0. The van der Waals surface area contributed by atoms with Gasteiger partial charge in [0.15, 0.2) is 5.96 Å². The summed E-state index contributed by atoms with van der Waals surface area (Å²) >= 11 is 0. The SMILES string of the molecule is CN=C(NCC(=O)NC(C)(C)C)NCC(c1ccccc1)c1ccccc1. The Bertz CT molecular complexity index is 696. The van der Waals surface area contributed by atoms with Gasteiger partial charge in [0.25, 0.3) is 0 Å². The largest absolute Gasteiger partial charge is 0.355 e. The van der Waals surface area contributed by atoms with Crippen molar-refractivity contribution in [3.8, 4) is 0 Å². The van der Waals surface area contributed by atoms with E-state index in [4.69, 9.17) is 0 Å². The average Bonchev–Trinajstić information content (AvgIpc) is 2.64. The number of carbonyl (C=O) groups excluding carboxylic acids is 1. The molecule has 0 spiro atoms. The summed E-state index contributed by atoms with van der Waals surface area (Å²) in [6.07, 6.45) is 0. The van der Waals surface area contributed by atoms with E-state index in [0.717, 1.165) is 0 Å². The number of nitrogens with one attached hydrogen (secondary N) is 3. The van der Waals surface area contributed by atoms with E-state index in [0.29, 0.717) is 12.5 Å². The second-order valence-corrected chi connectivity index (χ2v) is 7.48. The lowest BCUT2D eigenvalue weighted by Gasteiger charge is -2.22. The fourth-order valence-corrected chi connectivity index (χ4v) is 2.84. The van der Waals surface area contributed by atoms with Crippen molar-refractivity contribution in [2.75, 3.05) is 20.1 Å². The number of hydrogen-bond acceptors (Lipinski definition) is 2. The molecule has 0 heterocycles. The van der Waals surface area contributed by atoms with Gasteiger partial charge in [0, 0.05) is 25.0 Å². The zero-order valence-corrected chi connectivity index (χ0v) is 16.6. The molecule has 0 aliphatic heterocycles. The molecule has 2 aromatic carbocycles. The van der Waals surface area contributed by atoms with Gasteiger partial charge in [-0.2, -0.15) is 0 Å². The van der Waals surface area contributed by atoms with E-state index in [1.165, 1.54) is 11.1 Å². The van der Waals surface area contributed by atoms with E-state index in [2.05, 4.69) is 69.5 Å². The van der Waals surface area contributed by atoms with Gasteiger partial charge in [-0.15, -0.1) is 0 Å². The summed E-state index contributed by atoms with van der Waals surface area (Å²) in [6, 6.07) is 20.8. The third-order valence-electron chi connectivity index (χ3n) is 4.03. The van der Waals surface area contributed by atoms with E-state index < -0.39 is 0 Å². The first-order valence-electron chi connectivity index (χ1n) is 9.24. The Kier molecular flexibility index (Phi) is 7.41. The minimum Gasteiger partial charge on any atom is -0.355 e. The van der Waals surface area contributed by atoms with E-state index >= 15 is 0 Å². The van der Waals surface area contributed by atoms with Crippen molar-refractivity contribution in [3.05, 3.63) is 71.8 Å². The van der Waals surface area contributed by atoms with Crippen LogP contribution in [0.4, 0.5) is 0 Å². The van der Waals surface area contributed by atoms with Gasteiger partial charge in [-0.3, -0.25) is 9.79 Å². The van der Waals surface area contributed by atoms with Gasteiger partial charge in [0.1, 0.15) is 0 Å². The molecule has 0 aliphatic rings. The van der Waals surface area contributed by atoms with Crippen molar-refractivity contribution < 1.29 is 4.79 Å². The molecule has 1 amide bonds. The molecule has 0 fully saturated rings. The summed E-state index contributed by atoms with van der Waals surface area (Å²) < 4.78 is 0. The number of carbonyl (C=O) groups is 1. The summed E-state index contributed by atoms with van der Waals surface area (Å²) in [6.45, 7) is 6.74. The fraction of sp³-hybridized carbons (Fsp3) is 0.364. The molecule has 0 unspecified atom stereocenters. The number of aliphatic imine (C=N–C) groups is 1. The number of benzene rings is 2. The molecule has 5 nitrogen and oxygen atoms in total. The van der Waals surface area contributed by atoms with Crippen LogP contribution in [0.15, 0.2) is 65.7 Å². The Morgan fingerprint density at radius 3 is 1.89 bits per heavy atom. The minimum absolute atomic E-state index is 0.0619. The Morgan fingerprint density at radius 1 is 0.926 bits per heavy atom. The molecule has 27 heavy (non-hydrogen) atoms. The topological polar surface area (TPSA) is 65.5 Å². The van der Waals surface area contributed by atoms with Crippen LogP contribution in [-0.2, 0) is 4.79 Å². The van der Waals surface area contributed by atoms with Gasteiger partial charge in [0.2, 0.25) is 5.91 Å². The third-order valence-corrected chi connectivity index (χ3v) is 4.03. The van der Waals surface area contributed by atoms with Crippen LogP contribution >= 0.6 is 0 Å². The maximum atomic E-state index is 12.0. The summed E-state index contributed by atoms with van der Waals surface area (Å²) in [7, 11) is 1.71. The van der Waals surface area contributed by atoms with Crippen LogP contribution in [-0.4, -0.2) is 37.5 Å². The Morgan fingerprint density at radius 2 is 1.44 bits per heavy atom. The lowest BCUT2D eigenvalue weighted by Crippen LogP contribution is -2.48. The zero-order chi connectivity index (χ0) is 19.7.